The Bertz CT molecular complexity index is 275. The summed E-state index contributed by atoms with van der Waals surface area (Å²) in [5.74, 6) is -2.24. The molecule has 4 heteroatoms. The number of rotatable bonds is 1. The predicted molar refractivity (Wildman–Crippen MR) is 37.6 cm³/mol. The van der Waals surface area contributed by atoms with E-state index < -0.39 is 17.4 Å². The molecule has 1 aromatic rings. The van der Waals surface area contributed by atoms with E-state index in [-0.39, 0.29) is 5.69 Å². The Morgan fingerprint density at radius 2 is 2.00 bits per heavy atom. The van der Waals surface area contributed by atoms with Crippen LogP contribution in [-0.4, -0.2) is 12.2 Å². The second kappa shape index (κ2) is 2.74. The summed E-state index contributed by atoms with van der Waals surface area (Å²) in [6.45, 7) is 0. The van der Waals surface area contributed by atoms with Crippen molar-refractivity contribution in [3.8, 4) is 5.75 Å². The van der Waals surface area contributed by atoms with E-state index in [0.29, 0.717) is 0 Å². The number of benzene rings is 1. The smallest absolute Gasteiger partial charge is 0.190 e. The van der Waals surface area contributed by atoms with E-state index in [4.69, 9.17) is 5.11 Å². The van der Waals surface area contributed by atoms with Gasteiger partial charge in [-0.3, -0.25) is 0 Å². The minimum atomic E-state index is -0.965. The number of phenolic OH excluding ortho intramolecular Hbond substituents is 1. The van der Waals surface area contributed by atoms with Gasteiger partial charge in [0.25, 0.3) is 0 Å². The van der Waals surface area contributed by atoms with Crippen molar-refractivity contribution in [1.29, 1.82) is 0 Å². The van der Waals surface area contributed by atoms with Gasteiger partial charge >= 0.3 is 0 Å². The van der Waals surface area contributed by atoms with Gasteiger partial charge in [-0.2, -0.15) is 0 Å². The maximum atomic E-state index is 12.7. The average Bonchev–Trinajstić information content (AvgIpc) is 1.99. The normalized spacial score (nSPS) is 9.73. The first-order valence-electron chi connectivity index (χ1n) is 3.01. The zero-order valence-electron chi connectivity index (χ0n) is 5.86. The van der Waals surface area contributed by atoms with Gasteiger partial charge in [-0.05, 0) is 12.1 Å². The van der Waals surface area contributed by atoms with Gasteiger partial charge in [-0.25, -0.2) is 8.78 Å². The monoisotopic (exact) mass is 159 g/mol. The van der Waals surface area contributed by atoms with E-state index in [9.17, 15) is 8.78 Å². The van der Waals surface area contributed by atoms with Crippen molar-refractivity contribution in [2.45, 2.75) is 0 Å². The molecule has 0 heterocycles. The summed E-state index contributed by atoms with van der Waals surface area (Å²) >= 11 is 0. The molecule has 0 spiro atoms. The third kappa shape index (κ3) is 1.24. The van der Waals surface area contributed by atoms with Gasteiger partial charge in [0, 0.05) is 7.05 Å². The highest BCUT2D eigenvalue weighted by Gasteiger charge is 2.10. The summed E-state index contributed by atoms with van der Waals surface area (Å²) < 4.78 is 25.3. The molecule has 2 N–H and O–H groups in total. The molecule has 1 aromatic carbocycles. The Morgan fingerprint density at radius 1 is 1.36 bits per heavy atom. The topological polar surface area (TPSA) is 32.3 Å². The minimum Gasteiger partial charge on any atom is -0.505 e. The first kappa shape index (κ1) is 7.78. The van der Waals surface area contributed by atoms with Crippen LogP contribution in [0.5, 0.6) is 5.75 Å². The Balaban J connectivity index is 3.29. The van der Waals surface area contributed by atoms with Crippen LogP contribution in [0.4, 0.5) is 14.5 Å². The first-order chi connectivity index (χ1) is 5.16. The van der Waals surface area contributed by atoms with Gasteiger partial charge in [-0.1, -0.05) is 0 Å². The van der Waals surface area contributed by atoms with Gasteiger partial charge in [0.1, 0.15) is 11.5 Å². The van der Waals surface area contributed by atoms with Crippen molar-refractivity contribution in [3.63, 3.8) is 0 Å². The standard InChI is InChI=1S/C7H7F2NO/c1-10-7-4(8)2-3-5(11)6(7)9/h2-3,10-11H,1H3. The molecule has 2 nitrogen and oxygen atoms in total. The minimum absolute atomic E-state index is 0.315. The second-order valence-electron chi connectivity index (χ2n) is 2.01. The number of nitrogens with one attached hydrogen (secondary N) is 1. The first-order valence-corrected chi connectivity index (χ1v) is 3.01. The van der Waals surface area contributed by atoms with E-state index in [1.54, 1.807) is 0 Å². The quantitative estimate of drug-likeness (QED) is 0.653. The van der Waals surface area contributed by atoms with E-state index in [0.717, 1.165) is 12.1 Å². The number of aromatic hydroxyl groups is 1. The predicted octanol–water partition coefficient (Wildman–Crippen LogP) is 1.71. The number of hydrogen-bond donors (Lipinski definition) is 2. The number of halogens is 2. The van der Waals surface area contributed by atoms with E-state index in [1.807, 2.05) is 0 Å². The molecule has 0 radical (unpaired) electrons. The van der Waals surface area contributed by atoms with Crippen LogP contribution in [0.25, 0.3) is 0 Å². The van der Waals surface area contributed by atoms with E-state index >= 15 is 0 Å². The molecule has 0 atom stereocenters. The van der Waals surface area contributed by atoms with Crippen molar-refractivity contribution >= 4 is 5.69 Å². The molecule has 60 valence electrons. The molecule has 11 heavy (non-hydrogen) atoms. The molecule has 0 fully saturated rings. The van der Waals surface area contributed by atoms with Crippen LogP contribution in [0.3, 0.4) is 0 Å². The summed E-state index contributed by atoms with van der Waals surface area (Å²) in [5.41, 5.74) is -0.315. The number of anilines is 1. The third-order valence-electron chi connectivity index (χ3n) is 1.32. The lowest BCUT2D eigenvalue weighted by molar-refractivity contribution is 0.430. The lowest BCUT2D eigenvalue weighted by atomic mass is 10.2. The summed E-state index contributed by atoms with van der Waals surface area (Å²) in [6.07, 6.45) is 0. The van der Waals surface area contributed by atoms with Gasteiger partial charge in [0.15, 0.2) is 11.6 Å². The van der Waals surface area contributed by atoms with Crippen LogP contribution in [0.15, 0.2) is 12.1 Å². The van der Waals surface area contributed by atoms with Gasteiger partial charge in [0.05, 0.1) is 0 Å². The maximum absolute atomic E-state index is 12.7. The van der Waals surface area contributed by atoms with Gasteiger partial charge in [-0.15, -0.1) is 0 Å². The lowest BCUT2D eigenvalue weighted by Gasteiger charge is -2.03. The number of hydrogen-bond acceptors (Lipinski definition) is 2. The van der Waals surface area contributed by atoms with Crippen molar-refractivity contribution in [3.05, 3.63) is 23.8 Å². The van der Waals surface area contributed by atoms with Crippen LogP contribution in [-0.2, 0) is 0 Å². The molecule has 0 aromatic heterocycles. The molecule has 0 aliphatic carbocycles. The SMILES string of the molecule is CNc1c(F)ccc(O)c1F. The van der Waals surface area contributed by atoms with Crippen molar-refractivity contribution in [2.24, 2.45) is 0 Å². The van der Waals surface area contributed by atoms with Crippen molar-refractivity contribution in [2.75, 3.05) is 12.4 Å². The van der Waals surface area contributed by atoms with Crippen molar-refractivity contribution < 1.29 is 13.9 Å². The second-order valence-corrected chi connectivity index (χ2v) is 2.01. The fourth-order valence-corrected chi connectivity index (χ4v) is 0.771. The summed E-state index contributed by atoms with van der Waals surface area (Å²) in [6, 6.07) is 1.95. The maximum Gasteiger partial charge on any atom is 0.190 e. The Kier molecular flexibility index (Phi) is 1.94. The fourth-order valence-electron chi connectivity index (χ4n) is 0.771. The fraction of sp³-hybridized carbons (Fsp3) is 0.143. The molecule has 0 unspecified atom stereocenters. The summed E-state index contributed by atoms with van der Waals surface area (Å²) in [7, 11) is 1.38. The molecule has 1 rings (SSSR count). The number of phenols is 1. The molecular formula is C7H7F2NO. The zero-order chi connectivity index (χ0) is 8.43. The van der Waals surface area contributed by atoms with Crippen LogP contribution < -0.4 is 5.32 Å². The van der Waals surface area contributed by atoms with E-state index in [1.165, 1.54) is 7.05 Å². The van der Waals surface area contributed by atoms with Crippen LogP contribution in [0, 0.1) is 11.6 Å². The summed E-state index contributed by atoms with van der Waals surface area (Å²) in [5, 5.41) is 11.1. The van der Waals surface area contributed by atoms with Crippen LogP contribution in [0.2, 0.25) is 0 Å². The Morgan fingerprint density at radius 3 is 2.45 bits per heavy atom. The Hall–Kier alpha value is -1.32. The molecule has 0 saturated carbocycles. The third-order valence-corrected chi connectivity index (χ3v) is 1.32. The van der Waals surface area contributed by atoms with Crippen LogP contribution in [0.1, 0.15) is 0 Å². The zero-order valence-corrected chi connectivity index (χ0v) is 5.86. The molecular weight excluding hydrogens is 152 g/mol. The largest absolute Gasteiger partial charge is 0.505 e. The average molecular weight is 159 g/mol. The highest BCUT2D eigenvalue weighted by atomic mass is 19.1. The summed E-state index contributed by atoms with van der Waals surface area (Å²) in [4.78, 5) is 0. The molecule has 0 amide bonds. The highest BCUT2D eigenvalue weighted by molar-refractivity contribution is 5.50. The van der Waals surface area contributed by atoms with Crippen molar-refractivity contribution in [1.82, 2.24) is 0 Å². The lowest BCUT2D eigenvalue weighted by Crippen LogP contribution is -1.96. The highest BCUT2D eigenvalue weighted by Crippen LogP contribution is 2.25. The molecule has 0 saturated heterocycles. The van der Waals surface area contributed by atoms with E-state index in [2.05, 4.69) is 5.32 Å². The molecule has 0 aliphatic rings. The molecule has 0 aliphatic heterocycles. The molecule has 0 bridgehead atoms. The van der Waals surface area contributed by atoms with Gasteiger partial charge < -0.3 is 10.4 Å². The Labute approximate surface area is 62.5 Å². The van der Waals surface area contributed by atoms with Crippen LogP contribution >= 0.6 is 0 Å². The van der Waals surface area contributed by atoms with Gasteiger partial charge in [0.2, 0.25) is 0 Å².